The second kappa shape index (κ2) is 6.56. The normalized spacial score (nSPS) is 12.3. The number of benzene rings is 1. The molecule has 0 aliphatic rings. The van der Waals surface area contributed by atoms with Crippen LogP contribution in [0.15, 0.2) is 48.7 Å². The number of thiophene rings is 1. The molecule has 0 radical (unpaired) electrons. The van der Waals surface area contributed by atoms with Gasteiger partial charge in [0.25, 0.3) is 5.22 Å². The van der Waals surface area contributed by atoms with Crippen molar-refractivity contribution in [3.8, 4) is 0 Å². The quantitative estimate of drug-likeness (QED) is 0.565. The molecular formula is C14H13BrN2O3S3. The molecule has 0 spiro atoms. The number of halogens is 1. The van der Waals surface area contributed by atoms with Crippen LogP contribution in [0.2, 0.25) is 0 Å². The number of hydrogen-bond donors (Lipinski definition) is 0. The molecule has 0 aliphatic heterocycles. The Hall–Kier alpha value is -0.870. The summed E-state index contributed by atoms with van der Waals surface area (Å²) in [5, 5.41) is 0.531. The highest BCUT2D eigenvalue weighted by atomic mass is 79.9. The molecule has 0 bridgehead atoms. The van der Waals surface area contributed by atoms with E-state index in [0.29, 0.717) is 16.3 Å². The van der Waals surface area contributed by atoms with Crippen LogP contribution in [0.1, 0.15) is 4.88 Å². The molecule has 0 saturated carbocycles. The van der Waals surface area contributed by atoms with Crippen LogP contribution in [0.5, 0.6) is 0 Å². The summed E-state index contributed by atoms with van der Waals surface area (Å²) in [6.45, 7) is 0. The first-order chi connectivity index (χ1) is 10.9. The van der Waals surface area contributed by atoms with Crippen molar-refractivity contribution in [2.24, 2.45) is 0 Å². The molecule has 0 fully saturated rings. The number of fused-ring (bicyclic) bond motifs is 1. The Morgan fingerprint density at radius 3 is 2.74 bits per heavy atom. The zero-order valence-electron chi connectivity index (χ0n) is 12.3. The van der Waals surface area contributed by atoms with E-state index in [-0.39, 0.29) is 4.90 Å². The van der Waals surface area contributed by atoms with Gasteiger partial charge in [0.1, 0.15) is 5.52 Å². The number of rotatable bonds is 5. The summed E-state index contributed by atoms with van der Waals surface area (Å²) in [6.07, 6.45) is 0. The number of hydrogen-bond acceptors (Lipinski definition) is 6. The van der Waals surface area contributed by atoms with Crippen LogP contribution in [0, 0.1) is 0 Å². The van der Waals surface area contributed by atoms with E-state index in [9.17, 15) is 8.42 Å². The van der Waals surface area contributed by atoms with Gasteiger partial charge in [-0.15, -0.1) is 11.3 Å². The standard InChI is InChI=1S/C14H13BrN2O3S3/c1-17(2)23(18,19)10-4-5-12-11(7-10)16-14(20-12)21-8-9-3-6-13(15)22-9/h3-7H,8H2,1-2H3. The SMILES string of the molecule is CN(C)S(=O)(=O)c1ccc2oc(SCc3ccc(Br)s3)nc2c1. The first kappa shape index (κ1) is 17.0. The molecule has 23 heavy (non-hydrogen) atoms. The van der Waals surface area contributed by atoms with Crippen molar-refractivity contribution in [3.05, 3.63) is 39.0 Å². The lowest BCUT2D eigenvalue weighted by Crippen LogP contribution is -2.22. The molecule has 0 unspecified atom stereocenters. The van der Waals surface area contributed by atoms with Crippen molar-refractivity contribution >= 4 is 60.2 Å². The average Bonchev–Trinajstić information content (AvgIpc) is 3.09. The van der Waals surface area contributed by atoms with Gasteiger partial charge in [0.15, 0.2) is 5.58 Å². The second-order valence-corrected chi connectivity index (χ2v) is 10.5. The van der Waals surface area contributed by atoms with E-state index in [2.05, 4.69) is 20.9 Å². The highest BCUT2D eigenvalue weighted by Gasteiger charge is 2.19. The molecule has 2 aromatic heterocycles. The molecule has 3 rings (SSSR count). The van der Waals surface area contributed by atoms with Crippen LogP contribution in [-0.4, -0.2) is 31.8 Å². The van der Waals surface area contributed by atoms with Gasteiger partial charge in [-0.25, -0.2) is 17.7 Å². The Morgan fingerprint density at radius 1 is 1.30 bits per heavy atom. The van der Waals surface area contributed by atoms with E-state index in [4.69, 9.17) is 4.42 Å². The zero-order valence-corrected chi connectivity index (χ0v) is 16.4. The number of nitrogens with zero attached hydrogens (tertiary/aromatic N) is 2. The lowest BCUT2D eigenvalue weighted by atomic mass is 10.3. The Bertz CT molecular complexity index is 947. The third-order valence-electron chi connectivity index (χ3n) is 3.08. The highest BCUT2D eigenvalue weighted by Crippen LogP contribution is 2.31. The average molecular weight is 433 g/mol. The summed E-state index contributed by atoms with van der Waals surface area (Å²) in [5.74, 6) is 0.756. The molecule has 3 aromatic rings. The molecule has 2 heterocycles. The van der Waals surface area contributed by atoms with E-state index in [1.807, 2.05) is 12.1 Å². The summed E-state index contributed by atoms with van der Waals surface area (Å²) < 4.78 is 32.2. The maximum atomic E-state index is 12.2. The molecule has 0 aliphatic carbocycles. The molecule has 5 nitrogen and oxygen atoms in total. The van der Waals surface area contributed by atoms with Gasteiger partial charge in [-0.1, -0.05) is 11.8 Å². The van der Waals surface area contributed by atoms with Crippen molar-refractivity contribution in [1.82, 2.24) is 9.29 Å². The lowest BCUT2D eigenvalue weighted by molar-refractivity contribution is 0.489. The van der Waals surface area contributed by atoms with E-state index in [0.717, 1.165) is 9.54 Å². The summed E-state index contributed by atoms with van der Waals surface area (Å²) >= 11 is 6.58. The van der Waals surface area contributed by atoms with Gasteiger partial charge < -0.3 is 4.42 Å². The zero-order chi connectivity index (χ0) is 16.6. The number of oxazole rings is 1. The fourth-order valence-corrected chi connectivity index (χ4v) is 5.17. The van der Waals surface area contributed by atoms with Gasteiger partial charge in [-0.2, -0.15) is 0 Å². The second-order valence-electron chi connectivity index (χ2n) is 4.89. The number of thioether (sulfide) groups is 1. The van der Waals surface area contributed by atoms with E-state index in [1.165, 1.54) is 41.1 Å². The van der Waals surface area contributed by atoms with Crippen molar-refractivity contribution in [3.63, 3.8) is 0 Å². The molecular weight excluding hydrogens is 420 g/mol. The maximum Gasteiger partial charge on any atom is 0.257 e. The Balaban J connectivity index is 1.84. The molecule has 0 amide bonds. The van der Waals surface area contributed by atoms with Crippen LogP contribution in [0.4, 0.5) is 0 Å². The van der Waals surface area contributed by atoms with Crippen LogP contribution >= 0.6 is 39.0 Å². The van der Waals surface area contributed by atoms with Crippen molar-refractivity contribution in [1.29, 1.82) is 0 Å². The fourth-order valence-electron chi connectivity index (χ4n) is 1.88. The molecule has 0 N–H and O–H groups in total. The van der Waals surface area contributed by atoms with Crippen LogP contribution < -0.4 is 0 Å². The molecule has 1 aromatic carbocycles. The van der Waals surface area contributed by atoms with Gasteiger partial charge in [-0.05, 0) is 46.3 Å². The van der Waals surface area contributed by atoms with E-state index < -0.39 is 10.0 Å². The largest absolute Gasteiger partial charge is 0.431 e. The van der Waals surface area contributed by atoms with Crippen molar-refractivity contribution in [2.45, 2.75) is 15.9 Å². The van der Waals surface area contributed by atoms with Crippen LogP contribution in [0.25, 0.3) is 11.1 Å². The monoisotopic (exact) mass is 432 g/mol. The maximum absolute atomic E-state index is 12.2. The predicted molar refractivity (Wildman–Crippen MR) is 96.5 cm³/mol. The van der Waals surface area contributed by atoms with Crippen molar-refractivity contribution < 1.29 is 12.8 Å². The van der Waals surface area contributed by atoms with Crippen molar-refractivity contribution in [2.75, 3.05) is 14.1 Å². The topological polar surface area (TPSA) is 63.4 Å². The first-order valence-electron chi connectivity index (χ1n) is 6.56. The summed E-state index contributed by atoms with van der Waals surface area (Å²) in [7, 11) is -0.465. The van der Waals surface area contributed by atoms with Gasteiger partial charge in [-0.3, -0.25) is 0 Å². The summed E-state index contributed by atoms with van der Waals surface area (Å²) in [4.78, 5) is 5.79. The first-order valence-corrected chi connectivity index (χ1v) is 10.6. The Labute approximate surface area is 150 Å². The van der Waals surface area contributed by atoms with Gasteiger partial charge in [0, 0.05) is 24.7 Å². The van der Waals surface area contributed by atoms with Gasteiger partial charge in [0.2, 0.25) is 10.0 Å². The minimum atomic E-state index is -3.47. The summed E-state index contributed by atoms with van der Waals surface area (Å²) in [5.41, 5.74) is 1.13. The Kier molecular flexibility index (Phi) is 4.84. The predicted octanol–water partition coefficient (Wildman–Crippen LogP) is 4.19. The smallest absolute Gasteiger partial charge is 0.257 e. The minimum Gasteiger partial charge on any atom is -0.431 e. The van der Waals surface area contributed by atoms with Gasteiger partial charge >= 0.3 is 0 Å². The molecule has 0 saturated heterocycles. The number of aromatic nitrogens is 1. The third-order valence-corrected chi connectivity index (χ3v) is 7.58. The molecule has 9 heteroatoms. The van der Waals surface area contributed by atoms with E-state index >= 15 is 0 Å². The fraction of sp³-hybridized carbons (Fsp3) is 0.214. The van der Waals surface area contributed by atoms with Crippen LogP contribution in [0.3, 0.4) is 0 Å². The van der Waals surface area contributed by atoms with Crippen LogP contribution in [-0.2, 0) is 15.8 Å². The van der Waals surface area contributed by atoms with E-state index in [1.54, 1.807) is 23.5 Å². The lowest BCUT2D eigenvalue weighted by Gasteiger charge is -2.10. The summed E-state index contributed by atoms with van der Waals surface area (Å²) in [6, 6.07) is 8.77. The highest BCUT2D eigenvalue weighted by molar-refractivity contribution is 9.11. The third kappa shape index (κ3) is 3.63. The van der Waals surface area contributed by atoms with Gasteiger partial charge in [0.05, 0.1) is 8.68 Å². The molecule has 122 valence electrons. The molecule has 0 atom stereocenters. The minimum absolute atomic E-state index is 0.210. The number of sulfonamides is 1. The Morgan fingerprint density at radius 2 is 2.09 bits per heavy atom.